The summed E-state index contributed by atoms with van der Waals surface area (Å²) in [5, 5.41) is 0.178. The second kappa shape index (κ2) is 8.50. The molecule has 1 unspecified atom stereocenters. The fourth-order valence-corrected chi connectivity index (χ4v) is 5.23. The Bertz CT molecular complexity index is 797. The monoisotopic (exact) mass is 455 g/mol. The average molecular weight is 456 g/mol. The molecule has 0 aromatic carbocycles. The second-order valence-corrected chi connectivity index (χ2v) is 21.0. The molecule has 1 saturated heterocycles. The molecule has 2 rings (SSSR count). The summed E-state index contributed by atoms with van der Waals surface area (Å²) in [5.41, 5.74) is 5.26. The van der Waals surface area contributed by atoms with E-state index in [1.807, 2.05) is 0 Å². The molecule has 0 aliphatic carbocycles. The van der Waals surface area contributed by atoms with Crippen molar-refractivity contribution in [2.75, 3.05) is 12.3 Å². The lowest BCUT2D eigenvalue weighted by Gasteiger charge is -2.39. The Kier molecular flexibility index (Phi) is 7.15. The first-order valence-corrected chi connectivity index (χ1v) is 16.6. The molecule has 1 aromatic heterocycles. The maximum atomic E-state index is 12.5. The third-order valence-electron chi connectivity index (χ3n) is 6.96. The first kappa shape index (κ1) is 25.3. The predicted octanol–water partition coefficient (Wildman–Crippen LogP) is 4.53. The summed E-state index contributed by atoms with van der Waals surface area (Å²) >= 11 is 0. The zero-order chi connectivity index (χ0) is 23.1. The highest BCUT2D eigenvalue weighted by Crippen LogP contribution is 2.42. The van der Waals surface area contributed by atoms with Crippen molar-refractivity contribution in [3.05, 3.63) is 22.7 Å². The van der Waals surface area contributed by atoms with Crippen LogP contribution in [0.5, 0.6) is 0 Å². The van der Waals surface area contributed by atoms with Crippen molar-refractivity contribution in [2.45, 2.75) is 103 Å². The van der Waals surface area contributed by atoms with Crippen LogP contribution in [0.3, 0.4) is 0 Å². The smallest absolute Gasteiger partial charge is 0.351 e. The molecule has 7 nitrogen and oxygen atoms in total. The van der Waals surface area contributed by atoms with E-state index in [2.05, 4.69) is 72.7 Å². The fourth-order valence-electron chi connectivity index (χ4n) is 2.87. The molecule has 1 fully saturated rings. The molecule has 172 valence electrons. The number of hydrogen-bond acceptors (Lipinski definition) is 6. The van der Waals surface area contributed by atoms with E-state index in [9.17, 15) is 4.79 Å². The van der Waals surface area contributed by atoms with E-state index >= 15 is 0 Å². The van der Waals surface area contributed by atoms with Crippen LogP contribution in [0.25, 0.3) is 0 Å². The minimum absolute atomic E-state index is 0.0532. The molecule has 9 heteroatoms. The zero-order valence-corrected chi connectivity index (χ0v) is 22.4. The molecule has 0 bridgehead atoms. The quantitative estimate of drug-likeness (QED) is 0.634. The van der Waals surface area contributed by atoms with Gasteiger partial charge in [0.25, 0.3) is 0 Å². The van der Waals surface area contributed by atoms with Crippen molar-refractivity contribution < 1.29 is 13.6 Å². The minimum atomic E-state index is -2.06. The molecule has 0 amide bonds. The molecule has 0 radical (unpaired) electrons. The van der Waals surface area contributed by atoms with Crippen molar-refractivity contribution >= 4 is 22.5 Å². The predicted molar refractivity (Wildman–Crippen MR) is 127 cm³/mol. The Balaban J connectivity index is 2.27. The minimum Gasteiger partial charge on any atom is -0.414 e. The van der Waals surface area contributed by atoms with E-state index in [4.69, 9.17) is 19.3 Å². The van der Waals surface area contributed by atoms with Gasteiger partial charge in [0.15, 0.2) is 22.9 Å². The van der Waals surface area contributed by atoms with Crippen LogP contribution in [0.1, 0.15) is 54.2 Å². The summed E-state index contributed by atoms with van der Waals surface area (Å²) < 4.78 is 20.9. The van der Waals surface area contributed by atoms with E-state index < -0.39 is 28.6 Å². The number of nitrogens with zero attached hydrogens (tertiary/aromatic N) is 2. The molecule has 0 saturated carbocycles. The highest BCUT2D eigenvalue weighted by atomic mass is 28.4. The molecule has 3 atom stereocenters. The van der Waals surface area contributed by atoms with Crippen LogP contribution in [-0.4, -0.2) is 45.0 Å². The number of ether oxygens (including phenoxy) is 1. The lowest BCUT2D eigenvalue weighted by Crippen LogP contribution is -2.46. The van der Waals surface area contributed by atoms with Gasteiger partial charge in [-0.3, -0.25) is 4.57 Å². The number of hydrogen-bond donors (Lipinski definition) is 1. The van der Waals surface area contributed by atoms with E-state index in [0.717, 1.165) is 0 Å². The third kappa shape index (κ3) is 5.61. The summed E-state index contributed by atoms with van der Waals surface area (Å²) in [6.07, 6.45) is 1.43. The standard InChI is InChI=1S/C21H41N3O4Si2/c1-20(2,3)29(7,8)26-14-15-13-16(28-30(9,10)21(4,5)6)18(27-15)24-12-11-17(22)23-19(24)25/h11-12,15-16,18H,13-14H2,1-10H3,(H2,22,23,25)/t15-,16?,18+/m0/s1. The van der Waals surface area contributed by atoms with E-state index in [0.29, 0.717) is 13.0 Å². The van der Waals surface area contributed by atoms with Crippen molar-refractivity contribution in [2.24, 2.45) is 0 Å². The SMILES string of the molecule is CC(C)(C)[Si](C)(C)OC[C@@H]1CC(O[Si](C)(C)C(C)(C)C)[C@H](n2ccc(N)nc2=O)O1. The second-order valence-electron chi connectivity index (χ2n) is 11.4. The lowest BCUT2D eigenvalue weighted by atomic mass is 10.2. The number of anilines is 1. The first-order chi connectivity index (χ1) is 13.4. The maximum Gasteiger partial charge on any atom is 0.351 e. The Labute approximate surface area is 183 Å². The highest BCUT2D eigenvalue weighted by molar-refractivity contribution is 6.74. The van der Waals surface area contributed by atoms with Gasteiger partial charge in [-0.1, -0.05) is 41.5 Å². The van der Waals surface area contributed by atoms with Gasteiger partial charge in [-0.2, -0.15) is 4.98 Å². The van der Waals surface area contributed by atoms with Gasteiger partial charge in [0.05, 0.1) is 18.8 Å². The Morgan fingerprint density at radius 3 is 2.20 bits per heavy atom. The van der Waals surface area contributed by atoms with Crippen LogP contribution < -0.4 is 11.4 Å². The van der Waals surface area contributed by atoms with Crippen LogP contribution in [0.15, 0.2) is 17.1 Å². The molecule has 30 heavy (non-hydrogen) atoms. The molecule has 2 N–H and O–H groups in total. The van der Waals surface area contributed by atoms with Crippen LogP contribution in [-0.2, 0) is 13.6 Å². The molecule has 1 aromatic rings. The number of rotatable bonds is 6. The molecule has 1 aliphatic heterocycles. The van der Waals surface area contributed by atoms with E-state index in [1.165, 1.54) is 4.57 Å². The van der Waals surface area contributed by atoms with Crippen LogP contribution in [0.2, 0.25) is 36.3 Å². The zero-order valence-electron chi connectivity index (χ0n) is 20.4. The topological polar surface area (TPSA) is 88.6 Å². The Morgan fingerprint density at radius 1 is 1.13 bits per heavy atom. The Morgan fingerprint density at radius 2 is 1.70 bits per heavy atom. The maximum absolute atomic E-state index is 12.5. The molecule has 2 heterocycles. The third-order valence-corrected chi connectivity index (χ3v) is 16.0. The molecular weight excluding hydrogens is 414 g/mol. The molecule has 1 aliphatic rings. The highest BCUT2D eigenvalue weighted by Gasteiger charge is 2.46. The van der Waals surface area contributed by atoms with Gasteiger partial charge in [-0.05, 0) is 42.3 Å². The summed E-state index contributed by atoms with van der Waals surface area (Å²) in [6.45, 7) is 22.7. The number of nitrogens with two attached hydrogens (primary N) is 1. The van der Waals surface area contributed by atoms with Crippen LogP contribution >= 0.6 is 0 Å². The van der Waals surface area contributed by atoms with Gasteiger partial charge in [0.2, 0.25) is 0 Å². The number of nitrogen functional groups attached to an aromatic ring is 1. The number of aromatic nitrogens is 2. The van der Waals surface area contributed by atoms with E-state index in [-0.39, 0.29) is 28.1 Å². The van der Waals surface area contributed by atoms with Crippen molar-refractivity contribution in [1.82, 2.24) is 9.55 Å². The van der Waals surface area contributed by atoms with Crippen molar-refractivity contribution in [1.29, 1.82) is 0 Å². The summed E-state index contributed by atoms with van der Waals surface area (Å²) in [6, 6.07) is 1.62. The fraction of sp³-hybridized carbons (Fsp3) is 0.810. The molecular formula is C21H41N3O4Si2. The lowest BCUT2D eigenvalue weighted by molar-refractivity contribution is -0.0486. The van der Waals surface area contributed by atoms with Gasteiger partial charge >= 0.3 is 5.69 Å². The van der Waals surface area contributed by atoms with E-state index in [1.54, 1.807) is 12.3 Å². The van der Waals surface area contributed by atoms with Gasteiger partial charge in [0, 0.05) is 12.6 Å². The normalized spacial score (nSPS) is 23.7. The van der Waals surface area contributed by atoms with Crippen LogP contribution in [0, 0.1) is 0 Å². The molecule has 0 spiro atoms. The van der Waals surface area contributed by atoms with Gasteiger partial charge in [-0.25, -0.2) is 4.79 Å². The van der Waals surface area contributed by atoms with Crippen LogP contribution in [0.4, 0.5) is 5.82 Å². The van der Waals surface area contributed by atoms with Crippen molar-refractivity contribution in [3.8, 4) is 0 Å². The largest absolute Gasteiger partial charge is 0.414 e. The first-order valence-electron chi connectivity index (χ1n) is 10.8. The van der Waals surface area contributed by atoms with Gasteiger partial charge in [0.1, 0.15) is 5.82 Å². The Hall–Kier alpha value is -1.01. The summed E-state index contributed by atoms with van der Waals surface area (Å²) in [7, 11) is -3.97. The summed E-state index contributed by atoms with van der Waals surface area (Å²) in [4.78, 5) is 16.4. The van der Waals surface area contributed by atoms with Gasteiger partial charge in [-0.15, -0.1) is 0 Å². The average Bonchev–Trinajstić information content (AvgIpc) is 2.93. The summed E-state index contributed by atoms with van der Waals surface area (Å²) in [5.74, 6) is 0.203. The van der Waals surface area contributed by atoms with Gasteiger partial charge < -0.3 is 19.3 Å². The van der Waals surface area contributed by atoms with Crippen molar-refractivity contribution in [3.63, 3.8) is 0 Å².